The molecular weight excluding hydrogens is 303 g/mol. The van der Waals surface area contributed by atoms with Gasteiger partial charge in [-0.2, -0.15) is 0 Å². The van der Waals surface area contributed by atoms with Gasteiger partial charge in [-0.15, -0.1) is 0 Å². The fourth-order valence-electron chi connectivity index (χ4n) is 1.78. The molecule has 2 unspecified atom stereocenters. The van der Waals surface area contributed by atoms with Crippen molar-refractivity contribution in [3.8, 4) is 0 Å². The van der Waals surface area contributed by atoms with Crippen LogP contribution in [0.5, 0.6) is 0 Å². The van der Waals surface area contributed by atoms with E-state index in [1.54, 1.807) is 0 Å². The molecular formula is C11H15BBr2. The predicted molar refractivity (Wildman–Crippen MR) is 74.1 cm³/mol. The molecule has 0 amide bonds. The first-order valence-corrected chi connectivity index (χ1v) is 7.11. The first-order valence-electron chi connectivity index (χ1n) is 4.87. The fraction of sp³-hybridized carbons (Fsp3) is 0.545. The summed E-state index contributed by atoms with van der Waals surface area (Å²) in [5.41, 5.74) is 2.89. The number of allylic oxidation sites excluding steroid dienone is 4. The fourth-order valence-corrected chi connectivity index (χ4v) is 2.88. The number of rotatable bonds is 4. The molecule has 0 saturated carbocycles. The van der Waals surface area contributed by atoms with Crippen LogP contribution in [-0.4, -0.2) is 24.1 Å². The molecule has 0 fully saturated rings. The van der Waals surface area contributed by atoms with Gasteiger partial charge < -0.3 is 0 Å². The number of hydrogen-bond acceptors (Lipinski definition) is 0. The molecule has 0 aromatic carbocycles. The summed E-state index contributed by atoms with van der Waals surface area (Å²) >= 11 is 7.09. The van der Waals surface area contributed by atoms with Crippen LogP contribution >= 0.6 is 31.9 Å². The van der Waals surface area contributed by atoms with E-state index in [1.165, 1.54) is 11.1 Å². The van der Waals surface area contributed by atoms with Crippen molar-refractivity contribution in [1.29, 1.82) is 0 Å². The molecule has 0 bridgehead atoms. The molecule has 2 atom stereocenters. The van der Waals surface area contributed by atoms with Gasteiger partial charge in [0.1, 0.15) is 0 Å². The quantitative estimate of drug-likeness (QED) is 0.550. The zero-order chi connectivity index (χ0) is 10.6. The van der Waals surface area contributed by atoms with Crippen molar-refractivity contribution in [2.75, 3.05) is 10.7 Å². The summed E-state index contributed by atoms with van der Waals surface area (Å²) in [6, 6.07) is 0. The molecule has 3 heteroatoms. The molecule has 14 heavy (non-hydrogen) atoms. The molecule has 1 aliphatic rings. The van der Waals surface area contributed by atoms with E-state index < -0.39 is 0 Å². The molecule has 0 nitrogen and oxygen atoms in total. The van der Waals surface area contributed by atoms with Gasteiger partial charge in [0, 0.05) is 0 Å². The van der Waals surface area contributed by atoms with E-state index in [-0.39, 0.29) is 0 Å². The van der Waals surface area contributed by atoms with Crippen molar-refractivity contribution in [1.82, 2.24) is 0 Å². The van der Waals surface area contributed by atoms with Gasteiger partial charge in [0.25, 0.3) is 0 Å². The topological polar surface area (TPSA) is 0 Å². The second kappa shape index (κ2) is 6.07. The third-order valence-corrected chi connectivity index (χ3v) is 4.13. The minimum atomic E-state index is 0.627. The van der Waals surface area contributed by atoms with Crippen molar-refractivity contribution in [2.24, 2.45) is 11.8 Å². The summed E-state index contributed by atoms with van der Waals surface area (Å²) < 4.78 is 0. The van der Waals surface area contributed by atoms with Crippen LogP contribution in [-0.2, 0) is 0 Å². The Bertz CT molecular complexity index is 268. The zero-order valence-electron chi connectivity index (χ0n) is 8.47. The van der Waals surface area contributed by atoms with Crippen molar-refractivity contribution < 1.29 is 0 Å². The third kappa shape index (κ3) is 2.93. The Morgan fingerprint density at radius 2 is 2.21 bits per heavy atom. The predicted octanol–water partition coefficient (Wildman–Crippen LogP) is 3.45. The third-order valence-electron chi connectivity index (χ3n) is 2.74. The Morgan fingerprint density at radius 3 is 2.71 bits per heavy atom. The molecule has 0 heterocycles. The number of alkyl halides is 2. The van der Waals surface area contributed by atoms with Gasteiger partial charge in [0.05, 0.1) is 0 Å². The Labute approximate surface area is 104 Å². The van der Waals surface area contributed by atoms with E-state index in [1.807, 2.05) is 6.92 Å². The second-order valence-electron chi connectivity index (χ2n) is 3.69. The summed E-state index contributed by atoms with van der Waals surface area (Å²) in [7, 11) is 0. The van der Waals surface area contributed by atoms with Crippen LogP contribution in [0, 0.1) is 11.8 Å². The summed E-state index contributed by atoms with van der Waals surface area (Å²) in [6.07, 6.45) is 5.68. The van der Waals surface area contributed by atoms with Crippen LogP contribution in [0.2, 0.25) is 6.32 Å². The molecule has 0 saturated heterocycles. The second-order valence-corrected chi connectivity index (χ2v) is 4.90. The Kier molecular flexibility index (Phi) is 5.39. The van der Waals surface area contributed by atoms with Crippen LogP contribution in [0.15, 0.2) is 23.3 Å². The van der Waals surface area contributed by atoms with E-state index in [0.717, 1.165) is 17.0 Å². The van der Waals surface area contributed by atoms with Crippen LogP contribution in [0.25, 0.3) is 0 Å². The van der Waals surface area contributed by atoms with E-state index in [4.69, 9.17) is 0 Å². The first kappa shape index (κ1) is 12.4. The van der Waals surface area contributed by atoms with Gasteiger partial charge in [-0.3, -0.25) is 0 Å². The molecule has 0 aromatic heterocycles. The number of halogens is 2. The van der Waals surface area contributed by atoms with Gasteiger partial charge in [-0.05, 0) is 0 Å². The molecule has 0 N–H and O–H groups in total. The van der Waals surface area contributed by atoms with E-state index in [2.05, 4.69) is 57.4 Å². The molecule has 0 aliphatic heterocycles. The maximum atomic E-state index is 3.81. The normalized spacial score (nSPS) is 26.5. The maximum absolute atomic E-state index is 3.81. The van der Waals surface area contributed by atoms with Crippen molar-refractivity contribution in [2.45, 2.75) is 13.2 Å². The summed E-state index contributed by atoms with van der Waals surface area (Å²) in [5, 5.41) is 1.99. The average Bonchev–Trinajstić information content (AvgIpc) is 2.21. The monoisotopic (exact) mass is 316 g/mol. The summed E-state index contributed by atoms with van der Waals surface area (Å²) in [5.74, 6) is 1.26. The van der Waals surface area contributed by atoms with Crippen LogP contribution < -0.4 is 0 Å². The van der Waals surface area contributed by atoms with Gasteiger partial charge in [-0.25, -0.2) is 0 Å². The summed E-state index contributed by atoms with van der Waals surface area (Å²) in [6.45, 7) is 8.09. The summed E-state index contributed by atoms with van der Waals surface area (Å²) in [4.78, 5) is 0. The van der Waals surface area contributed by atoms with Gasteiger partial charge in [0.2, 0.25) is 0 Å². The molecule has 76 valence electrons. The molecule has 0 aromatic rings. The number of hydrogen-bond donors (Lipinski definition) is 0. The van der Waals surface area contributed by atoms with Gasteiger partial charge in [-0.1, -0.05) is 0 Å². The molecule has 0 spiro atoms. The molecule has 1 rings (SSSR count). The van der Waals surface area contributed by atoms with Crippen LogP contribution in [0.3, 0.4) is 0 Å². The van der Waals surface area contributed by atoms with E-state index >= 15 is 0 Å². The Morgan fingerprint density at radius 1 is 1.50 bits per heavy atom. The van der Waals surface area contributed by atoms with Crippen molar-refractivity contribution in [3.05, 3.63) is 23.3 Å². The van der Waals surface area contributed by atoms with Crippen LogP contribution in [0.1, 0.15) is 6.92 Å². The Balaban J connectivity index is 2.87. The first-order chi connectivity index (χ1) is 6.72. The SMILES string of the molecule is C=BCC1=CC(CBr)=CC(CBr)C1C. The Hall–Kier alpha value is 0.375. The minimum absolute atomic E-state index is 0.627. The standard InChI is InChI=1S/C11H15BBr2/c1-8-10(5-12-2)3-9(6-13)4-11(8)7-14/h3-4,8,11H,2,5-7H2,1H3. The zero-order valence-corrected chi connectivity index (χ0v) is 11.6. The van der Waals surface area contributed by atoms with E-state index in [9.17, 15) is 0 Å². The van der Waals surface area contributed by atoms with Crippen molar-refractivity contribution in [3.63, 3.8) is 0 Å². The van der Waals surface area contributed by atoms with Gasteiger partial charge >= 0.3 is 104 Å². The van der Waals surface area contributed by atoms with Crippen LogP contribution in [0.4, 0.5) is 0 Å². The van der Waals surface area contributed by atoms with Crippen molar-refractivity contribution >= 4 is 45.3 Å². The molecule has 0 radical (unpaired) electrons. The van der Waals surface area contributed by atoms with Gasteiger partial charge in [0.15, 0.2) is 0 Å². The molecule has 1 aliphatic carbocycles. The van der Waals surface area contributed by atoms with E-state index in [0.29, 0.717) is 11.8 Å². The average molecular weight is 318 g/mol.